The van der Waals surface area contributed by atoms with Gasteiger partial charge in [-0.15, -0.1) is 0 Å². The topological polar surface area (TPSA) is 164 Å². The molecule has 0 saturated heterocycles. The van der Waals surface area contributed by atoms with Crippen LogP contribution in [-0.2, 0) is 14.3 Å². The molecule has 13 nitrogen and oxygen atoms in total. The number of fused-ring (bicyclic) bond motifs is 1. The van der Waals surface area contributed by atoms with Gasteiger partial charge >= 0.3 is 12.1 Å². The number of anilines is 2. The Bertz CT molecular complexity index is 1450. The van der Waals surface area contributed by atoms with Crippen LogP contribution in [0, 0.1) is 13.8 Å². The van der Waals surface area contributed by atoms with Crippen molar-refractivity contribution in [2.24, 2.45) is 0 Å². The number of esters is 1. The smallest absolute Gasteiger partial charge is 0.419 e. The van der Waals surface area contributed by atoms with Crippen LogP contribution in [0.2, 0.25) is 0 Å². The number of aromatic nitrogens is 3. The second-order valence-electron chi connectivity index (χ2n) is 9.60. The summed E-state index contributed by atoms with van der Waals surface area (Å²) in [5.74, 6) is -1.29. The van der Waals surface area contributed by atoms with E-state index in [9.17, 15) is 24.3 Å². The van der Waals surface area contributed by atoms with Crippen LogP contribution in [-0.4, -0.2) is 74.0 Å². The Balaban J connectivity index is 1.55. The van der Waals surface area contributed by atoms with Crippen molar-refractivity contribution in [2.45, 2.75) is 59.1 Å². The largest absolute Gasteiger partial charge is 0.426 e. The van der Waals surface area contributed by atoms with Crippen LogP contribution >= 0.6 is 0 Å². The molecule has 40 heavy (non-hydrogen) atoms. The van der Waals surface area contributed by atoms with Gasteiger partial charge in [-0.1, -0.05) is 13.0 Å². The van der Waals surface area contributed by atoms with Crippen molar-refractivity contribution < 1.29 is 33.8 Å². The Morgan fingerprint density at radius 3 is 2.62 bits per heavy atom. The van der Waals surface area contributed by atoms with Gasteiger partial charge in [-0.3, -0.25) is 9.59 Å². The van der Waals surface area contributed by atoms with E-state index in [0.29, 0.717) is 34.6 Å². The predicted octanol–water partition coefficient (Wildman–Crippen LogP) is 2.85. The molecule has 13 heteroatoms. The normalized spacial score (nSPS) is 13.4. The second-order valence-corrected chi connectivity index (χ2v) is 9.60. The van der Waals surface area contributed by atoms with E-state index in [0.717, 1.165) is 23.3 Å². The van der Waals surface area contributed by atoms with E-state index in [1.165, 1.54) is 13.3 Å². The van der Waals surface area contributed by atoms with Gasteiger partial charge in [-0.25, -0.2) is 24.0 Å². The summed E-state index contributed by atoms with van der Waals surface area (Å²) in [7, 11) is 0. The van der Waals surface area contributed by atoms with Gasteiger partial charge in [0, 0.05) is 30.0 Å². The van der Waals surface area contributed by atoms with E-state index in [4.69, 9.17) is 4.74 Å². The summed E-state index contributed by atoms with van der Waals surface area (Å²) in [5, 5.41) is 19.7. The summed E-state index contributed by atoms with van der Waals surface area (Å²) in [4.78, 5) is 55.3. The highest BCUT2D eigenvalue weighted by atomic mass is 16.7. The lowest BCUT2D eigenvalue weighted by atomic mass is 10.1. The molecule has 3 amide bonds. The zero-order valence-corrected chi connectivity index (χ0v) is 22.8. The number of rotatable bonds is 10. The molecule has 1 aromatic carbocycles. The van der Waals surface area contributed by atoms with Crippen LogP contribution in [0.5, 0.6) is 0 Å². The molecule has 0 spiro atoms. The molecule has 4 rings (SSSR count). The van der Waals surface area contributed by atoms with Crippen LogP contribution in [0.15, 0.2) is 30.7 Å². The number of hydrogen-bond donors (Lipinski definition) is 3. The third-order valence-electron chi connectivity index (χ3n) is 6.36. The maximum Gasteiger partial charge on any atom is 0.419 e. The van der Waals surface area contributed by atoms with E-state index >= 15 is 0 Å². The number of aliphatic hydroxyl groups excluding tert-OH is 1. The van der Waals surface area contributed by atoms with Crippen LogP contribution in [0.4, 0.5) is 16.3 Å². The number of nitrogens with one attached hydrogen (secondary N) is 2. The van der Waals surface area contributed by atoms with Gasteiger partial charge < -0.3 is 25.2 Å². The number of ether oxygens (including phenoxy) is 2. The number of carbonyl (C=O) groups excluding carboxylic acids is 4. The molecule has 3 aromatic rings. The molecule has 2 heterocycles. The first-order chi connectivity index (χ1) is 19.1. The van der Waals surface area contributed by atoms with E-state index in [1.54, 1.807) is 35.8 Å². The lowest BCUT2D eigenvalue weighted by molar-refractivity contribution is -0.161. The fourth-order valence-electron chi connectivity index (χ4n) is 3.98. The molecule has 1 atom stereocenters. The minimum absolute atomic E-state index is 0.0697. The molecule has 1 saturated carbocycles. The first-order valence-electron chi connectivity index (χ1n) is 13.0. The number of benzene rings is 1. The summed E-state index contributed by atoms with van der Waals surface area (Å²) in [5.41, 5.74) is 3.40. The first-order valence-corrected chi connectivity index (χ1v) is 13.0. The Kier molecular flexibility index (Phi) is 8.63. The van der Waals surface area contributed by atoms with Crippen LogP contribution < -0.4 is 10.6 Å². The fourth-order valence-corrected chi connectivity index (χ4v) is 3.98. The van der Waals surface area contributed by atoms with E-state index < -0.39 is 30.9 Å². The van der Waals surface area contributed by atoms with Gasteiger partial charge in [0.15, 0.2) is 5.82 Å². The lowest BCUT2D eigenvalue weighted by Gasteiger charge is -2.20. The van der Waals surface area contributed by atoms with Crippen molar-refractivity contribution >= 4 is 40.9 Å². The summed E-state index contributed by atoms with van der Waals surface area (Å²) >= 11 is 0. The zero-order chi connectivity index (χ0) is 29.0. The minimum atomic E-state index is -1.37. The van der Waals surface area contributed by atoms with Crippen LogP contribution in [0.1, 0.15) is 65.0 Å². The van der Waals surface area contributed by atoms with Gasteiger partial charge in [0.05, 0.1) is 5.56 Å². The predicted molar refractivity (Wildman–Crippen MR) is 143 cm³/mol. The monoisotopic (exact) mass is 552 g/mol. The highest BCUT2D eigenvalue weighted by Crippen LogP contribution is 2.28. The van der Waals surface area contributed by atoms with Crippen molar-refractivity contribution in [2.75, 3.05) is 18.7 Å². The quantitative estimate of drug-likeness (QED) is 0.252. The van der Waals surface area contributed by atoms with Crippen LogP contribution in [0.25, 0.3) is 5.52 Å². The maximum absolute atomic E-state index is 13.3. The molecular formula is C27H32N6O7. The summed E-state index contributed by atoms with van der Waals surface area (Å²) < 4.78 is 11.2. The number of aliphatic hydroxyl groups is 1. The molecule has 2 aromatic heterocycles. The highest BCUT2D eigenvalue weighted by molar-refractivity contribution is 6.04. The third kappa shape index (κ3) is 6.37. The van der Waals surface area contributed by atoms with E-state index in [-0.39, 0.29) is 24.1 Å². The molecule has 3 N–H and O–H groups in total. The van der Waals surface area contributed by atoms with Crippen molar-refractivity contribution in [1.29, 1.82) is 0 Å². The molecular weight excluding hydrogens is 520 g/mol. The lowest BCUT2D eigenvalue weighted by Crippen LogP contribution is -2.38. The average Bonchev–Trinajstić information content (AvgIpc) is 3.67. The van der Waals surface area contributed by atoms with Crippen molar-refractivity contribution in [3.8, 4) is 0 Å². The first kappa shape index (κ1) is 28.5. The molecule has 212 valence electrons. The molecule has 1 unspecified atom stereocenters. The second kappa shape index (κ2) is 12.1. The Morgan fingerprint density at radius 2 is 1.95 bits per heavy atom. The zero-order valence-electron chi connectivity index (χ0n) is 22.8. The molecule has 1 aliphatic rings. The highest BCUT2D eigenvalue weighted by Gasteiger charge is 2.27. The number of imide groups is 1. The third-order valence-corrected chi connectivity index (χ3v) is 6.36. The average molecular weight is 553 g/mol. The fraction of sp³-hybridized carbons (Fsp3) is 0.407. The van der Waals surface area contributed by atoms with Gasteiger partial charge in [0.2, 0.25) is 6.79 Å². The Hall–Kier alpha value is -4.52. The van der Waals surface area contributed by atoms with Crippen molar-refractivity contribution in [3.05, 3.63) is 53.0 Å². The SMILES string of the molecule is CCCN(C(=O)OCOC(=O)C(C)O)C(=O)c1ccc(C)c(Nc2ncnn3cc(C(=O)NC4CC4)c(C)c23)c1. The van der Waals surface area contributed by atoms with Gasteiger partial charge in [-0.2, -0.15) is 5.10 Å². The van der Waals surface area contributed by atoms with E-state index in [1.807, 2.05) is 13.8 Å². The maximum atomic E-state index is 13.3. The summed E-state index contributed by atoms with van der Waals surface area (Å²) in [6.07, 6.45) is 3.09. The number of nitrogens with zero attached hydrogens (tertiary/aromatic N) is 4. The molecule has 1 aliphatic carbocycles. The standard InChI is InChI=1S/C27H32N6O7/c1-5-10-32(27(38)40-14-39-26(37)17(4)34)25(36)18-7-6-15(2)21(11-18)31-23-22-16(3)20(12-33(22)29-13-28-23)24(35)30-19-8-9-19/h6-7,11-13,17,19,34H,5,8-10,14H2,1-4H3,(H,30,35)(H,28,29,31). The van der Waals surface area contributed by atoms with Crippen molar-refractivity contribution in [1.82, 2.24) is 24.8 Å². The van der Waals surface area contributed by atoms with Gasteiger partial charge in [0.1, 0.15) is 17.9 Å². The summed E-state index contributed by atoms with van der Waals surface area (Å²) in [6, 6.07) is 5.13. The molecule has 0 aliphatic heterocycles. The van der Waals surface area contributed by atoms with E-state index in [2.05, 4.69) is 25.5 Å². The Morgan fingerprint density at radius 1 is 1.20 bits per heavy atom. The van der Waals surface area contributed by atoms with Gasteiger partial charge in [0.25, 0.3) is 11.8 Å². The Labute approximate surface area is 230 Å². The minimum Gasteiger partial charge on any atom is -0.426 e. The number of amides is 3. The molecule has 1 fully saturated rings. The van der Waals surface area contributed by atoms with Gasteiger partial charge in [-0.05, 0) is 63.3 Å². The van der Waals surface area contributed by atoms with Crippen molar-refractivity contribution in [3.63, 3.8) is 0 Å². The molecule has 0 radical (unpaired) electrons. The number of aryl methyl sites for hydroxylation is 2. The summed E-state index contributed by atoms with van der Waals surface area (Å²) in [6.45, 7) is 6.02. The number of hydrogen-bond acceptors (Lipinski definition) is 10. The molecule has 0 bridgehead atoms. The number of carbonyl (C=O) groups is 4. The van der Waals surface area contributed by atoms with Crippen LogP contribution in [0.3, 0.4) is 0 Å².